The number of aromatic nitrogens is 1. The third kappa shape index (κ3) is 3.06. The molecule has 1 aromatic rings. The molecule has 0 aliphatic carbocycles. The highest BCUT2D eigenvalue weighted by atomic mass is 32.1. The highest BCUT2D eigenvalue weighted by molar-refractivity contribution is 7.11. The second-order valence-corrected chi connectivity index (χ2v) is 5.03. The smallest absolute Gasteiger partial charge is 0.107 e. The summed E-state index contributed by atoms with van der Waals surface area (Å²) in [7, 11) is 4.01. The maximum absolute atomic E-state index is 9.69. The molecule has 0 aliphatic rings. The van der Waals surface area contributed by atoms with Gasteiger partial charge in [0, 0.05) is 12.7 Å². The first-order valence-corrected chi connectivity index (χ1v) is 5.03. The maximum Gasteiger partial charge on any atom is 0.107 e. The zero-order chi connectivity index (χ0) is 10.1. The molecule has 0 aliphatic heterocycles. The van der Waals surface area contributed by atoms with E-state index in [1.807, 2.05) is 14.1 Å². The van der Waals surface area contributed by atoms with Gasteiger partial charge in [0.05, 0.1) is 10.5 Å². The molecule has 1 N–H and O–H groups in total. The molecule has 0 aromatic carbocycles. The molecule has 0 amide bonds. The lowest BCUT2D eigenvalue weighted by atomic mass is 10.1. The highest BCUT2D eigenvalue weighted by Crippen LogP contribution is 2.25. The van der Waals surface area contributed by atoms with Crippen molar-refractivity contribution >= 4 is 11.3 Å². The summed E-state index contributed by atoms with van der Waals surface area (Å²) in [5.74, 6) is 0. The van der Waals surface area contributed by atoms with Gasteiger partial charge in [0.2, 0.25) is 0 Å². The Kier molecular flexibility index (Phi) is 3.05. The van der Waals surface area contributed by atoms with Crippen molar-refractivity contribution in [3.8, 4) is 0 Å². The number of nitrogens with zero attached hydrogens (tertiary/aromatic N) is 2. The fourth-order valence-electron chi connectivity index (χ4n) is 0.937. The molecule has 13 heavy (non-hydrogen) atoms. The van der Waals surface area contributed by atoms with Gasteiger partial charge in [0.15, 0.2) is 0 Å². The normalized spacial score (nSPS) is 12.5. The van der Waals surface area contributed by atoms with E-state index in [9.17, 15) is 5.11 Å². The Morgan fingerprint density at radius 2 is 2.15 bits per heavy atom. The summed E-state index contributed by atoms with van der Waals surface area (Å²) >= 11 is 1.57. The summed E-state index contributed by atoms with van der Waals surface area (Å²) < 4.78 is 0. The largest absolute Gasteiger partial charge is 0.385 e. The zero-order valence-electron chi connectivity index (χ0n) is 8.53. The molecule has 0 fully saturated rings. The lowest BCUT2D eigenvalue weighted by Crippen LogP contribution is -2.13. The van der Waals surface area contributed by atoms with Gasteiger partial charge >= 0.3 is 0 Å². The van der Waals surface area contributed by atoms with E-state index in [1.165, 1.54) is 0 Å². The number of thiazole rings is 1. The van der Waals surface area contributed by atoms with Crippen LogP contribution in [0, 0.1) is 0 Å². The molecule has 0 saturated heterocycles. The molecule has 74 valence electrons. The van der Waals surface area contributed by atoms with Crippen LogP contribution in [0.3, 0.4) is 0 Å². The number of hydrogen-bond donors (Lipinski definition) is 1. The summed E-state index contributed by atoms with van der Waals surface area (Å²) in [5.41, 5.74) is -0.762. The van der Waals surface area contributed by atoms with Gasteiger partial charge < -0.3 is 10.0 Å². The van der Waals surface area contributed by atoms with E-state index in [1.54, 1.807) is 31.4 Å². The fraction of sp³-hybridized carbons (Fsp3) is 0.667. The van der Waals surface area contributed by atoms with Gasteiger partial charge in [-0.25, -0.2) is 4.98 Å². The van der Waals surface area contributed by atoms with Crippen LogP contribution in [0.2, 0.25) is 0 Å². The second-order valence-electron chi connectivity index (χ2n) is 3.92. The van der Waals surface area contributed by atoms with E-state index in [2.05, 4.69) is 9.88 Å². The van der Waals surface area contributed by atoms with E-state index >= 15 is 0 Å². The minimum atomic E-state index is -0.762. The summed E-state index contributed by atoms with van der Waals surface area (Å²) in [6, 6.07) is 0. The first kappa shape index (κ1) is 10.6. The van der Waals surface area contributed by atoms with E-state index in [0.29, 0.717) is 0 Å². The van der Waals surface area contributed by atoms with Crippen LogP contribution in [0.4, 0.5) is 0 Å². The molecule has 0 unspecified atom stereocenters. The van der Waals surface area contributed by atoms with Gasteiger partial charge in [-0.05, 0) is 27.9 Å². The zero-order valence-corrected chi connectivity index (χ0v) is 9.35. The van der Waals surface area contributed by atoms with Crippen molar-refractivity contribution in [2.45, 2.75) is 26.0 Å². The molecule has 3 nitrogen and oxygen atoms in total. The molecule has 0 spiro atoms. The minimum Gasteiger partial charge on any atom is -0.385 e. The standard InChI is InChI=1S/C9H16N2OS/c1-9(2,12)7-5-10-8(13-7)6-11(3)4/h5,12H,6H2,1-4H3. The SMILES string of the molecule is CN(C)Cc1ncc(C(C)(C)O)s1. The molecule has 4 heteroatoms. The molecule has 0 bridgehead atoms. The van der Waals surface area contributed by atoms with Crippen LogP contribution >= 0.6 is 11.3 Å². The molecule has 1 aromatic heterocycles. The Morgan fingerprint density at radius 3 is 2.54 bits per heavy atom. The molecular formula is C9H16N2OS. The van der Waals surface area contributed by atoms with Gasteiger partial charge in [0.25, 0.3) is 0 Å². The Balaban J connectivity index is 2.75. The molecule has 1 rings (SSSR count). The second kappa shape index (κ2) is 3.74. The van der Waals surface area contributed by atoms with Gasteiger partial charge in [-0.2, -0.15) is 0 Å². The fourth-order valence-corrected chi connectivity index (χ4v) is 1.97. The topological polar surface area (TPSA) is 36.4 Å². The predicted octanol–water partition coefficient (Wildman–Crippen LogP) is 1.43. The average molecular weight is 200 g/mol. The number of rotatable bonds is 3. The Hall–Kier alpha value is -0.450. The van der Waals surface area contributed by atoms with Crippen molar-refractivity contribution in [2.75, 3.05) is 14.1 Å². The monoisotopic (exact) mass is 200 g/mol. The van der Waals surface area contributed by atoms with Crippen molar-refractivity contribution in [3.63, 3.8) is 0 Å². The first-order valence-electron chi connectivity index (χ1n) is 4.22. The van der Waals surface area contributed by atoms with E-state index in [-0.39, 0.29) is 0 Å². The molecule has 0 saturated carbocycles. The summed E-state index contributed by atoms with van der Waals surface area (Å²) in [6.07, 6.45) is 1.75. The van der Waals surface area contributed by atoms with Crippen molar-refractivity contribution in [2.24, 2.45) is 0 Å². The van der Waals surface area contributed by atoms with E-state index < -0.39 is 5.60 Å². The molecule has 0 atom stereocenters. The molecule has 1 heterocycles. The minimum absolute atomic E-state index is 0.762. The van der Waals surface area contributed by atoms with Gasteiger partial charge in [0.1, 0.15) is 5.01 Å². The van der Waals surface area contributed by atoms with Crippen LogP contribution < -0.4 is 0 Å². The highest BCUT2D eigenvalue weighted by Gasteiger charge is 2.19. The van der Waals surface area contributed by atoms with E-state index in [0.717, 1.165) is 16.4 Å². The van der Waals surface area contributed by atoms with Crippen molar-refractivity contribution in [1.29, 1.82) is 0 Å². The maximum atomic E-state index is 9.69. The number of hydrogen-bond acceptors (Lipinski definition) is 4. The van der Waals surface area contributed by atoms with Crippen LogP contribution in [-0.4, -0.2) is 29.1 Å². The van der Waals surface area contributed by atoms with Crippen molar-refractivity contribution in [1.82, 2.24) is 9.88 Å². The summed E-state index contributed by atoms with van der Waals surface area (Å²) in [4.78, 5) is 7.22. The van der Waals surface area contributed by atoms with Crippen LogP contribution in [-0.2, 0) is 12.1 Å². The number of aliphatic hydroxyl groups is 1. The average Bonchev–Trinajstić information content (AvgIpc) is 2.32. The van der Waals surface area contributed by atoms with Crippen LogP contribution in [0.25, 0.3) is 0 Å². The van der Waals surface area contributed by atoms with Crippen molar-refractivity contribution in [3.05, 3.63) is 16.1 Å². The quantitative estimate of drug-likeness (QED) is 0.802. The molecule has 0 radical (unpaired) electrons. The van der Waals surface area contributed by atoms with Gasteiger partial charge in [-0.3, -0.25) is 0 Å². The molecular weight excluding hydrogens is 184 g/mol. The summed E-state index contributed by atoms with van der Waals surface area (Å²) in [6.45, 7) is 4.39. The summed E-state index contributed by atoms with van der Waals surface area (Å²) in [5, 5.41) is 10.7. The lowest BCUT2D eigenvalue weighted by Gasteiger charge is -2.13. The third-order valence-corrected chi connectivity index (χ3v) is 2.90. The van der Waals surface area contributed by atoms with E-state index in [4.69, 9.17) is 0 Å². The van der Waals surface area contributed by atoms with Crippen LogP contribution in [0.1, 0.15) is 23.7 Å². The predicted molar refractivity (Wildman–Crippen MR) is 54.7 cm³/mol. The Morgan fingerprint density at radius 1 is 1.54 bits per heavy atom. The Labute approximate surface area is 83.0 Å². The third-order valence-electron chi connectivity index (χ3n) is 1.61. The van der Waals surface area contributed by atoms with Crippen LogP contribution in [0.15, 0.2) is 6.20 Å². The van der Waals surface area contributed by atoms with Gasteiger partial charge in [-0.1, -0.05) is 0 Å². The first-order chi connectivity index (χ1) is 5.89. The lowest BCUT2D eigenvalue weighted by molar-refractivity contribution is 0.0823. The Bertz CT molecular complexity index is 275. The van der Waals surface area contributed by atoms with Crippen molar-refractivity contribution < 1.29 is 5.11 Å². The van der Waals surface area contributed by atoms with Crippen LogP contribution in [0.5, 0.6) is 0 Å². The van der Waals surface area contributed by atoms with Gasteiger partial charge in [-0.15, -0.1) is 11.3 Å².